The van der Waals surface area contributed by atoms with E-state index in [-0.39, 0.29) is 11.2 Å². The Morgan fingerprint density at radius 3 is 2.15 bits per heavy atom. The van der Waals surface area contributed by atoms with E-state index in [2.05, 4.69) is 0 Å². The molecule has 0 saturated carbocycles. The Morgan fingerprint density at radius 1 is 0.778 bits per heavy atom. The van der Waals surface area contributed by atoms with Crippen molar-refractivity contribution in [1.82, 2.24) is 4.40 Å². The van der Waals surface area contributed by atoms with E-state index in [1.165, 1.54) is 12.1 Å². The molecule has 0 spiro atoms. The lowest BCUT2D eigenvalue weighted by Crippen LogP contribution is -2.09. The number of hydrogen-bond donors (Lipinski definition) is 1. The van der Waals surface area contributed by atoms with Crippen LogP contribution >= 0.6 is 34.8 Å². The summed E-state index contributed by atoms with van der Waals surface area (Å²) in [6.45, 7) is 0. The van der Waals surface area contributed by atoms with Crippen LogP contribution in [0.15, 0.2) is 71.7 Å². The number of halogens is 3. The summed E-state index contributed by atoms with van der Waals surface area (Å²) in [6.07, 6.45) is 1.64. The molecule has 1 N–H and O–H groups in total. The van der Waals surface area contributed by atoms with Crippen LogP contribution in [0.1, 0.15) is 0 Å². The van der Waals surface area contributed by atoms with E-state index < -0.39 is 0 Å². The number of fused-ring (bicyclic) bond motifs is 1. The number of rotatable bonds is 2. The molecule has 2 aromatic heterocycles. The molecule has 0 unspecified atom stereocenters. The number of aromatic nitrogens is 1. The van der Waals surface area contributed by atoms with E-state index in [0.29, 0.717) is 37.4 Å². The summed E-state index contributed by atoms with van der Waals surface area (Å²) in [4.78, 5) is 12.7. The molecule has 2 heterocycles. The molecule has 0 atom stereocenters. The zero-order valence-corrected chi connectivity index (χ0v) is 16.1. The van der Waals surface area contributed by atoms with Crippen molar-refractivity contribution < 1.29 is 5.11 Å². The molecule has 0 radical (unpaired) electrons. The zero-order chi connectivity index (χ0) is 19.1. The van der Waals surface area contributed by atoms with Crippen LogP contribution in [-0.4, -0.2) is 9.51 Å². The molecule has 2 aromatic carbocycles. The van der Waals surface area contributed by atoms with Gasteiger partial charge in [0.25, 0.3) is 0 Å². The molecule has 0 saturated heterocycles. The molecule has 4 aromatic rings. The minimum Gasteiger partial charge on any atom is -0.508 e. The fourth-order valence-electron chi connectivity index (χ4n) is 3.16. The quantitative estimate of drug-likeness (QED) is 0.416. The van der Waals surface area contributed by atoms with Gasteiger partial charge in [-0.2, -0.15) is 0 Å². The Bertz CT molecular complexity index is 1230. The summed E-state index contributed by atoms with van der Waals surface area (Å²) in [7, 11) is 0. The van der Waals surface area contributed by atoms with Crippen molar-refractivity contribution >= 4 is 40.3 Å². The topological polar surface area (TPSA) is 41.7 Å². The predicted molar refractivity (Wildman–Crippen MR) is 111 cm³/mol. The average Bonchev–Trinajstić information content (AvgIpc) is 2.63. The summed E-state index contributed by atoms with van der Waals surface area (Å²) >= 11 is 19.0. The predicted octanol–water partition coefficient (Wildman–Crippen LogP) is 6.30. The molecule has 0 fully saturated rings. The first-order chi connectivity index (χ1) is 13.0. The van der Waals surface area contributed by atoms with Crippen molar-refractivity contribution in [3.8, 4) is 28.1 Å². The van der Waals surface area contributed by atoms with Crippen LogP contribution in [0.3, 0.4) is 0 Å². The van der Waals surface area contributed by atoms with E-state index in [0.717, 1.165) is 5.56 Å². The van der Waals surface area contributed by atoms with Gasteiger partial charge in [0, 0.05) is 40.5 Å². The van der Waals surface area contributed by atoms with Gasteiger partial charge in [-0.3, -0.25) is 4.79 Å². The molecule has 0 bridgehead atoms. The molecular weight excluding hydrogens is 405 g/mol. The van der Waals surface area contributed by atoms with Gasteiger partial charge < -0.3 is 9.51 Å². The molecule has 3 nitrogen and oxygen atoms in total. The maximum atomic E-state index is 12.7. The van der Waals surface area contributed by atoms with Crippen LogP contribution in [0, 0.1) is 0 Å². The third-order valence-electron chi connectivity index (χ3n) is 4.33. The summed E-state index contributed by atoms with van der Waals surface area (Å²) < 4.78 is 1.79. The zero-order valence-electron chi connectivity index (χ0n) is 13.8. The van der Waals surface area contributed by atoms with Crippen molar-refractivity contribution in [3.05, 3.63) is 92.2 Å². The Morgan fingerprint density at radius 2 is 1.44 bits per heavy atom. The highest BCUT2D eigenvalue weighted by Crippen LogP contribution is 2.38. The van der Waals surface area contributed by atoms with E-state index >= 15 is 0 Å². The Balaban J connectivity index is 2.16. The van der Waals surface area contributed by atoms with Gasteiger partial charge in [-0.15, -0.1) is 0 Å². The Labute approximate surface area is 170 Å². The smallest absolute Gasteiger partial charge is 0.190 e. The van der Waals surface area contributed by atoms with Crippen molar-refractivity contribution in [2.75, 3.05) is 0 Å². The minimum atomic E-state index is -0.249. The SMILES string of the molecule is O=c1ccn2c(-c3ccccc3Cl)cc(O)cc2c1-c1c(Cl)cccc1Cl. The third-order valence-corrected chi connectivity index (χ3v) is 5.29. The van der Waals surface area contributed by atoms with Crippen LogP contribution in [0.25, 0.3) is 27.9 Å². The van der Waals surface area contributed by atoms with Crippen LogP contribution in [0.2, 0.25) is 15.1 Å². The van der Waals surface area contributed by atoms with E-state index in [4.69, 9.17) is 34.8 Å². The first kappa shape index (κ1) is 17.9. The molecule has 0 aliphatic carbocycles. The molecule has 0 aliphatic rings. The van der Waals surface area contributed by atoms with Gasteiger partial charge in [-0.1, -0.05) is 59.1 Å². The lowest BCUT2D eigenvalue weighted by Gasteiger charge is -2.15. The van der Waals surface area contributed by atoms with Gasteiger partial charge in [-0.05, 0) is 18.2 Å². The van der Waals surface area contributed by atoms with Crippen LogP contribution in [0.4, 0.5) is 0 Å². The monoisotopic (exact) mass is 415 g/mol. The van der Waals surface area contributed by atoms with Crippen molar-refractivity contribution in [3.63, 3.8) is 0 Å². The number of benzene rings is 2. The molecule has 6 heteroatoms. The summed E-state index contributed by atoms with van der Waals surface area (Å²) in [5.74, 6) is -0.0000502. The van der Waals surface area contributed by atoms with Gasteiger partial charge in [-0.25, -0.2) is 0 Å². The highest BCUT2D eigenvalue weighted by atomic mass is 35.5. The fourth-order valence-corrected chi connectivity index (χ4v) is 3.98. The minimum absolute atomic E-state index is 0.0000502. The van der Waals surface area contributed by atoms with Gasteiger partial charge in [0.15, 0.2) is 5.43 Å². The lowest BCUT2D eigenvalue weighted by atomic mass is 10.0. The second-order valence-electron chi connectivity index (χ2n) is 5.99. The summed E-state index contributed by atoms with van der Waals surface area (Å²) in [6, 6.07) is 16.9. The third kappa shape index (κ3) is 3.08. The Hall–Kier alpha value is -2.46. The fraction of sp³-hybridized carbons (Fsp3) is 0. The molecule has 4 rings (SSSR count). The maximum Gasteiger partial charge on any atom is 0.190 e. The molecule has 134 valence electrons. The summed E-state index contributed by atoms with van der Waals surface area (Å²) in [5.41, 5.74) is 2.34. The van der Waals surface area contributed by atoms with Crippen molar-refractivity contribution in [2.24, 2.45) is 0 Å². The molecule has 0 amide bonds. The first-order valence-electron chi connectivity index (χ1n) is 8.05. The van der Waals surface area contributed by atoms with E-state index in [1.54, 1.807) is 40.9 Å². The van der Waals surface area contributed by atoms with Gasteiger partial charge in [0.2, 0.25) is 0 Å². The molecular formula is C21H12Cl3NO2. The largest absolute Gasteiger partial charge is 0.508 e. The van der Waals surface area contributed by atoms with Crippen molar-refractivity contribution in [1.29, 1.82) is 0 Å². The second-order valence-corrected chi connectivity index (χ2v) is 7.21. The highest BCUT2D eigenvalue weighted by Gasteiger charge is 2.18. The van der Waals surface area contributed by atoms with E-state index in [1.807, 2.05) is 18.2 Å². The lowest BCUT2D eigenvalue weighted by molar-refractivity contribution is 0.475. The molecule has 0 aliphatic heterocycles. The molecule has 27 heavy (non-hydrogen) atoms. The summed E-state index contributed by atoms with van der Waals surface area (Å²) in [5, 5.41) is 11.6. The van der Waals surface area contributed by atoms with Crippen LogP contribution in [0.5, 0.6) is 5.75 Å². The number of pyridine rings is 2. The second kappa shape index (κ2) is 6.93. The average molecular weight is 417 g/mol. The van der Waals surface area contributed by atoms with Gasteiger partial charge >= 0.3 is 0 Å². The Kier molecular flexibility index (Phi) is 4.60. The first-order valence-corrected chi connectivity index (χ1v) is 9.18. The number of nitrogens with zero attached hydrogens (tertiary/aromatic N) is 1. The number of hydrogen-bond acceptors (Lipinski definition) is 2. The van der Waals surface area contributed by atoms with Crippen LogP contribution in [-0.2, 0) is 0 Å². The maximum absolute atomic E-state index is 12.7. The van der Waals surface area contributed by atoms with Gasteiger partial charge in [0.05, 0.1) is 26.8 Å². The normalized spacial score (nSPS) is 11.1. The highest BCUT2D eigenvalue weighted by molar-refractivity contribution is 6.39. The van der Waals surface area contributed by atoms with Gasteiger partial charge in [0.1, 0.15) is 5.75 Å². The van der Waals surface area contributed by atoms with E-state index in [9.17, 15) is 9.90 Å². The van der Waals surface area contributed by atoms with Crippen molar-refractivity contribution in [2.45, 2.75) is 0 Å². The number of aromatic hydroxyl groups is 1. The standard InChI is InChI=1S/C21H12Cl3NO2/c22-14-5-2-1-4-13(14)17-10-12(26)11-18-21(19(27)8-9-25(17)18)20-15(23)6-3-7-16(20)24/h1-11,26H. The van der Waals surface area contributed by atoms with Crippen LogP contribution < -0.4 is 5.43 Å².